The number of ether oxygens (including phenoxy) is 4. The van der Waals surface area contributed by atoms with E-state index in [1.54, 1.807) is 65.3 Å². The molecule has 0 atom stereocenters. The van der Waals surface area contributed by atoms with Crippen LogP contribution in [0.1, 0.15) is 31.3 Å². The van der Waals surface area contributed by atoms with E-state index in [0.29, 0.717) is 39.2 Å². The van der Waals surface area contributed by atoms with E-state index in [4.69, 9.17) is 18.9 Å². The molecule has 0 fully saturated rings. The molecule has 0 aliphatic heterocycles. The zero-order valence-corrected chi connectivity index (χ0v) is 20.0. The van der Waals surface area contributed by atoms with Crippen molar-refractivity contribution in [1.82, 2.24) is 9.55 Å². The Hall–Kier alpha value is -4.07. The highest BCUT2D eigenvalue weighted by Gasteiger charge is 2.27. The van der Waals surface area contributed by atoms with Gasteiger partial charge in [0.25, 0.3) is 0 Å². The number of rotatable bonds is 4. The summed E-state index contributed by atoms with van der Waals surface area (Å²) >= 11 is 0. The first-order valence-corrected chi connectivity index (χ1v) is 10.7. The molecule has 0 saturated heterocycles. The van der Waals surface area contributed by atoms with Gasteiger partial charge >= 0.3 is 12.1 Å². The molecule has 2 aromatic heterocycles. The van der Waals surface area contributed by atoms with E-state index in [1.165, 1.54) is 11.7 Å². The van der Waals surface area contributed by atoms with Crippen molar-refractivity contribution in [3.05, 3.63) is 54.2 Å². The second-order valence-electron chi connectivity index (χ2n) is 8.67. The van der Waals surface area contributed by atoms with Crippen molar-refractivity contribution < 1.29 is 28.5 Å². The number of hydrogen-bond donors (Lipinski definition) is 0. The van der Waals surface area contributed by atoms with Crippen molar-refractivity contribution in [3.8, 4) is 22.8 Å². The molecule has 0 radical (unpaired) electrons. The fraction of sp³-hybridized carbons (Fsp3) is 0.269. The second kappa shape index (κ2) is 8.70. The molecule has 4 rings (SSSR count). The van der Waals surface area contributed by atoms with Crippen molar-refractivity contribution in [2.75, 3.05) is 21.3 Å². The van der Waals surface area contributed by atoms with E-state index in [9.17, 15) is 9.59 Å². The van der Waals surface area contributed by atoms with Gasteiger partial charge in [-0.05, 0) is 63.2 Å². The van der Waals surface area contributed by atoms with Crippen LogP contribution in [0.5, 0.6) is 11.5 Å². The average Bonchev–Trinajstić information content (AvgIpc) is 3.15. The van der Waals surface area contributed by atoms with Crippen molar-refractivity contribution in [2.24, 2.45) is 0 Å². The lowest BCUT2D eigenvalue weighted by atomic mass is 10.1. The molecule has 0 saturated carbocycles. The highest BCUT2D eigenvalue weighted by molar-refractivity contribution is 6.17. The van der Waals surface area contributed by atoms with Crippen LogP contribution < -0.4 is 9.47 Å². The van der Waals surface area contributed by atoms with Crippen molar-refractivity contribution >= 4 is 33.9 Å². The van der Waals surface area contributed by atoms with Gasteiger partial charge in [0, 0.05) is 22.4 Å². The Labute approximate surface area is 197 Å². The van der Waals surface area contributed by atoms with Crippen molar-refractivity contribution in [3.63, 3.8) is 0 Å². The summed E-state index contributed by atoms with van der Waals surface area (Å²) in [4.78, 5) is 30.6. The fourth-order valence-corrected chi connectivity index (χ4v) is 3.80. The number of pyridine rings is 1. The molecule has 176 valence electrons. The largest absolute Gasteiger partial charge is 0.497 e. The fourth-order valence-electron chi connectivity index (χ4n) is 3.80. The minimum Gasteiger partial charge on any atom is -0.497 e. The van der Waals surface area contributed by atoms with Gasteiger partial charge in [-0.25, -0.2) is 19.1 Å². The number of methoxy groups -OCH3 is 3. The third-order valence-corrected chi connectivity index (χ3v) is 5.29. The average molecular weight is 463 g/mol. The van der Waals surface area contributed by atoms with Crippen LogP contribution in [0, 0.1) is 0 Å². The number of nitrogens with zero attached hydrogens (tertiary/aromatic N) is 2. The maximum Gasteiger partial charge on any atom is 0.419 e. The zero-order valence-electron chi connectivity index (χ0n) is 20.0. The molecule has 8 heteroatoms. The number of benzene rings is 2. The van der Waals surface area contributed by atoms with E-state index in [-0.39, 0.29) is 5.69 Å². The number of fused-ring (bicyclic) bond motifs is 3. The van der Waals surface area contributed by atoms with Gasteiger partial charge in [0.15, 0.2) is 0 Å². The summed E-state index contributed by atoms with van der Waals surface area (Å²) in [7, 11) is 4.44. The van der Waals surface area contributed by atoms with E-state index in [0.717, 1.165) is 5.39 Å². The Morgan fingerprint density at radius 3 is 2.09 bits per heavy atom. The monoisotopic (exact) mass is 462 g/mol. The first-order chi connectivity index (χ1) is 16.2. The highest BCUT2D eigenvalue weighted by Crippen LogP contribution is 2.38. The number of hydrogen-bond acceptors (Lipinski definition) is 7. The molecule has 0 aliphatic carbocycles. The van der Waals surface area contributed by atoms with Gasteiger partial charge in [-0.3, -0.25) is 0 Å². The third-order valence-electron chi connectivity index (χ3n) is 5.29. The van der Waals surface area contributed by atoms with E-state index < -0.39 is 17.7 Å². The maximum atomic E-state index is 13.5. The van der Waals surface area contributed by atoms with E-state index in [1.807, 2.05) is 18.2 Å². The standard InChI is InChI=1S/C26H26N2O6/c1-26(2,3)34-25(30)28-21-13-17(32-5)11-12-18(21)19-14-20(24(29)33-6)27-22(23(19)28)15-7-9-16(31-4)10-8-15/h7-14H,1-6H3. The Balaban J connectivity index is 2.14. The van der Waals surface area contributed by atoms with Gasteiger partial charge in [-0.2, -0.15) is 0 Å². The van der Waals surface area contributed by atoms with E-state index >= 15 is 0 Å². The molecule has 0 spiro atoms. The summed E-state index contributed by atoms with van der Waals surface area (Å²) in [5.74, 6) is 0.664. The van der Waals surface area contributed by atoms with Crippen LogP contribution in [-0.4, -0.2) is 48.5 Å². The number of carbonyl (C=O) groups excluding carboxylic acids is 2. The SMILES string of the molecule is COC(=O)c1cc2c3ccc(OC)cc3n(C(=O)OC(C)(C)C)c2c(-c2ccc(OC)cc2)n1. The minimum atomic E-state index is -0.724. The van der Waals surface area contributed by atoms with Crippen LogP contribution in [0.4, 0.5) is 4.79 Å². The molecule has 0 unspecified atom stereocenters. The van der Waals surface area contributed by atoms with Crippen LogP contribution in [0.3, 0.4) is 0 Å². The summed E-state index contributed by atoms with van der Waals surface area (Å²) in [6.45, 7) is 5.41. The van der Waals surface area contributed by atoms with Crippen LogP contribution in [0.2, 0.25) is 0 Å². The second-order valence-corrected chi connectivity index (χ2v) is 8.67. The van der Waals surface area contributed by atoms with Crippen LogP contribution in [0.15, 0.2) is 48.5 Å². The van der Waals surface area contributed by atoms with E-state index in [2.05, 4.69) is 4.98 Å². The lowest BCUT2D eigenvalue weighted by Crippen LogP contribution is -2.27. The molecule has 0 N–H and O–H groups in total. The van der Waals surface area contributed by atoms with Crippen LogP contribution in [-0.2, 0) is 9.47 Å². The molecule has 0 amide bonds. The molecule has 0 bridgehead atoms. The number of aromatic nitrogens is 2. The molecule has 0 aliphatic rings. The number of esters is 1. The van der Waals surface area contributed by atoms with Crippen LogP contribution in [0.25, 0.3) is 33.1 Å². The Morgan fingerprint density at radius 1 is 0.853 bits per heavy atom. The van der Waals surface area contributed by atoms with Gasteiger partial charge in [-0.1, -0.05) is 0 Å². The third kappa shape index (κ3) is 4.14. The highest BCUT2D eigenvalue weighted by atomic mass is 16.6. The normalized spacial score (nSPS) is 11.5. The maximum absolute atomic E-state index is 13.5. The van der Waals surface area contributed by atoms with Gasteiger partial charge in [0.2, 0.25) is 0 Å². The first-order valence-electron chi connectivity index (χ1n) is 10.7. The summed E-state index contributed by atoms with van der Waals surface area (Å²) < 4.78 is 22.8. The summed E-state index contributed by atoms with van der Waals surface area (Å²) in [6, 6.07) is 14.2. The molecule has 2 heterocycles. The minimum absolute atomic E-state index is 0.125. The quantitative estimate of drug-likeness (QED) is 0.373. The summed E-state index contributed by atoms with van der Waals surface area (Å²) in [6.07, 6.45) is -0.567. The number of carbonyl (C=O) groups is 2. The van der Waals surface area contributed by atoms with Gasteiger partial charge in [-0.15, -0.1) is 0 Å². The van der Waals surface area contributed by atoms with Gasteiger partial charge in [0.05, 0.1) is 38.1 Å². The molecule has 34 heavy (non-hydrogen) atoms. The zero-order chi connectivity index (χ0) is 24.6. The molecular formula is C26H26N2O6. The lowest BCUT2D eigenvalue weighted by Gasteiger charge is -2.20. The smallest absolute Gasteiger partial charge is 0.419 e. The summed E-state index contributed by atoms with van der Waals surface area (Å²) in [5, 5.41) is 1.40. The topological polar surface area (TPSA) is 88.9 Å². The van der Waals surface area contributed by atoms with Crippen LogP contribution >= 0.6 is 0 Å². The lowest BCUT2D eigenvalue weighted by molar-refractivity contribution is 0.0550. The predicted molar refractivity (Wildman–Crippen MR) is 129 cm³/mol. The summed E-state index contributed by atoms with van der Waals surface area (Å²) in [5.41, 5.74) is 1.61. The first kappa shape index (κ1) is 23.1. The molecule has 4 aromatic rings. The Bertz CT molecular complexity index is 1400. The van der Waals surface area contributed by atoms with Gasteiger partial charge in [0.1, 0.15) is 22.8 Å². The van der Waals surface area contributed by atoms with Crippen molar-refractivity contribution in [2.45, 2.75) is 26.4 Å². The van der Waals surface area contributed by atoms with Gasteiger partial charge < -0.3 is 18.9 Å². The predicted octanol–water partition coefficient (Wildman–Crippen LogP) is 5.44. The molecular weight excluding hydrogens is 436 g/mol. The molecule has 2 aromatic carbocycles. The molecule has 8 nitrogen and oxygen atoms in total. The Morgan fingerprint density at radius 2 is 1.50 bits per heavy atom. The van der Waals surface area contributed by atoms with Crippen molar-refractivity contribution in [1.29, 1.82) is 0 Å². The Kier molecular flexibility index (Phi) is 5.91.